The molecule has 0 unspecified atom stereocenters. The van der Waals surface area contributed by atoms with E-state index in [2.05, 4.69) is 17.2 Å². The average Bonchev–Trinajstić information content (AvgIpc) is 2.62. The van der Waals surface area contributed by atoms with E-state index in [0.29, 0.717) is 11.5 Å². The number of carbonyl (C=O) groups is 2. The summed E-state index contributed by atoms with van der Waals surface area (Å²) in [4.78, 5) is 23.2. The van der Waals surface area contributed by atoms with E-state index < -0.39 is 5.91 Å². The molecule has 6 nitrogen and oxygen atoms in total. The molecule has 0 bridgehead atoms. The highest BCUT2D eigenvalue weighted by Crippen LogP contribution is 2.35. The van der Waals surface area contributed by atoms with E-state index in [9.17, 15) is 9.59 Å². The van der Waals surface area contributed by atoms with Gasteiger partial charge in [-0.3, -0.25) is 9.59 Å². The molecule has 1 aromatic rings. The number of anilines is 2. The van der Waals surface area contributed by atoms with Gasteiger partial charge in [0, 0.05) is 13.6 Å². The number of nitrogens with two attached hydrogens (primary N) is 2. The van der Waals surface area contributed by atoms with E-state index in [0.717, 1.165) is 16.9 Å². The zero-order valence-electron chi connectivity index (χ0n) is 10.3. The number of nitrogens with one attached hydrogen (secondary N) is 2. The van der Waals surface area contributed by atoms with Crippen molar-refractivity contribution in [2.75, 3.05) is 24.6 Å². The summed E-state index contributed by atoms with van der Waals surface area (Å²) in [5, 5.41) is 5.94. The Morgan fingerprint density at radius 3 is 2.50 bits per heavy atom. The summed E-state index contributed by atoms with van der Waals surface area (Å²) in [5.74, 6) is -1.01. The third-order valence-electron chi connectivity index (χ3n) is 2.18. The van der Waals surface area contributed by atoms with Crippen molar-refractivity contribution in [2.45, 2.75) is 6.92 Å². The Labute approximate surface area is 109 Å². The molecular formula is C11H16N4O2S. The van der Waals surface area contributed by atoms with Crippen molar-refractivity contribution in [3.8, 4) is 0 Å². The molecule has 0 atom stereocenters. The second-order valence-corrected chi connectivity index (χ2v) is 4.82. The van der Waals surface area contributed by atoms with Gasteiger partial charge < -0.3 is 22.1 Å². The van der Waals surface area contributed by atoms with Crippen molar-refractivity contribution < 1.29 is 9.59 Å². The van der Waals surface area contributed by atoms with E-state index in [1.807, 2.05) is 6.92 Å². The molecule has 0 aliphatic carbocycles. The van der Waals surface area contributed by atoms with Gasteiger partial charge in [-0.25, -0.2) is 0 Å². The number of rotatable bonds is 5. The lowest BCUT2D eigenvalue weighted by molar-refractivity contribution is 0.0967. The molecule has 0 aliphatic heterocycles. The van der Waals surface area contributed by atoms with Gasteiger partial charge in [-0.1, -0.05) is 12.2 Å². The third kappa shape index (κ3) is 2.80. The number of nitrogen functional groups attached to an aromatic ring is 1. The third-order valence-corrected chi connectivity index (χ3v) is 3.34. The molecule has 6 N–H and O–H groups in total. The van der Waals surface area contributed by atoms with Crippen LogP contribution in [-0.2, 0) is 0 Å². The quantitative estimate of drug-likeness (QED) is 0.591. The van der Waals surface area contributed by atoms with Crippen LogP contribution in [0, 0.1) is 0 Å². The number of primary amides is 1. The predicted octanol–water partition coefficient (Wildman–Crippen LogP) is 0.777. The number of hydrogen-bond donors (Lipinski definition) is 4. The number of carbonyl (C=O) groups excluding carboxylic acids is 2. The summed E-state index contributed by atoms with van der Waals surface area (Å²) < 4.78 is 0. The molecule has 0 aliphatic rings. The Kier molecular flexibility index (Phi) is 4.33. The zero-order valence-corrected chi connectivity index (χ0v) is 11.1. The highest BCUT2D eigenvalue weighted by molar-refractivity contribution is 7.19. The molecule has 0 fully saturated rings. The van der Waals surface area contributed by atoms with Gasteiger partial charge in [-0.15, -0.1) is 11.3 Å². The van der Waals surface area contributed by atoms with Crippen LogP contribution in [0.5, 0.6) is 0 Å². The average molecular weight is 268 g/mol. The first-order valence-electron chi connectivity index (χ1n) is 5.20. The fourth-order valence-corrected chi connectivity index (χ4v) is 2.39. The highest BCUT2D eigenvalue weighted by atomic mass is 32.1. The summed E-state index contributed by atoms with van der Waals surface area (Å²) in [5.41, 5.74) is 12.2. The Bertz CT molecular complexity index is 507. The monoisotopic (exact) mass is 268 g/mol. The zero-order chi connectivity index (χ0) is 13.9. The predicted molar refractivity (Wildman–Crippen MR) is 73.9 cm³/mol. The maximum atomic E-state index is 11.6. The fourth-order valence-electron chi connectivity index (χ4n) is 1.33. The fraction of sp³-hybridized carbons (Fsp3) is 0.273. The molecule has 0 saturated heterocycles. The van der Waals surface area contributed by atoms with Crippen LogP contribution in [0.4, 0.5) is 10.7 Å². The minimum absolute atomic E-state index is 0.107. The van der Waals surface area contributed by atoms with Gasteiger partial charge >= 0.3 is 0 Å². The second-order valence-electron chi connectivity index (χ2n) is 3.80. The first-order valence-corrected chi connectivity index (χ1v) is 6.02. The number of thiophene rings is 1. The molecule has 0 radical (unpaired) electrons. The summed E-state index contributed by atoms with van der Waals surface area (Å²) in [7, 11) is 1.49. The minimum Gasteiger partial charge on any atom is -0.397 e. The first kappa shape index (κ1) is 14.0. The van der Waals surface area contributed by atoms with Crippen LogP contribution in [-0.4, -0.2) is 25.4 Å². The van der Waals surface area contributed by atoms with Gasteiger partial charge in [0.25, 0.3) is 11.8 Å². The molecule has 0 saturated carbocycles. The van der Waals surface area contributed by atoms with Crippen LogP contribution in [0.2, 0.25) is 0 Å². The summed E-state index contributed by atoms with van der Waals surface area (Å²) >= 11 is 1.10. The van der Waals surface area contributed by atoms with Crippen molar-refractivity contribution >= 4 is 33.8 Å². The second kappa shape index (κ2) is 5.54. The lowest BCUT2D eigenvalue weighted by Gasteiger charge is -2.04. The highest BCUT2D eigenvalue weighted by Gasteiger charge is 2.23. The normalized spacial score (nSPS) is 9.89. The molecule has 0 spiro atoms. The Balaban J connectivity index is 3.19. The summed E-state index contributed by atoms with van der Waals surface area (Å²) in [6, 6.07) is 0. The van der Waals surface area contributed by atoms with Gasteiger partial charge in [0.1, 0.15) is 9.88 Å². The maximum absolute atomic E-state index is 11.6. The molecule has 0 aromatic carbocycles. The van der Waals surface area contributed by atoms with Crippen molar-refractivity contribution in [1.29, 1.82) is 0 Å². The largest absolute Gasteiger partial charge is 0.397 e. The van der Waals surface area contributed by atoms with Crippen LogP contribution in [0.3, 0.4) is 0 Å². The van der Waals surface area contributed by atoms with E-state index in [1.54, 1.807) is 0 Å². The van der Waals surface area contributed by atoms with Gasteiger partial charge in [-0.2, -0.15) is 0 Å². The molecule has 7 heteroatoms. The lowest BCUT2D eigenvalue weighted by Crippen LogP contribution is -2.19. The number of hydrogen-bond acceptors (Lipinski definition) is 5. The smallest absolute Gasteiger partial charge is 0.263 e. The summed E-state index contributed by atoms with van der Waals surface area (Å²) in [6.45, 7) is 6.06. The lowest BCUT2D eigenvalue weighted by atomic mass is 10.2. The molecule has 1 aromatic heterocycles. The molecule has 1 rings (SSSR count). The van der Waals surface area contributed by atoms with E-state index in [-0.39, 0.29) is 22.0 Å². The summed E-state index contributed by atoms with van der Waals surface area (Å²) in [6.07, 6.45) is 0. The van der Waals surface area contributed by atoms with Crippen LogP contribution >= 0.6 is 11.3 Å². The van der Waals surface area contributed by atoms with Crippen LogP contribution in [0.1, 0.15) is 27.0 Å². The molecule has 2 amide bonds. The standard InChI is InChI=1S/C11H16N4O2S/c1-5(2)4-15-11-6(9(13)16)7(12)8(18-11)10(17)14-3/h15H,1,4,12H2,2-3H3,(H2,13,16)(H,14,17). The molecular weight excluding hydrogens is 252 g/mol. The van der Waals surface area contributed by atoms with Crippen LogP contribution in [0.25, 0.3) is 0 Å². The van der Waals surface area contributed by atoms with Gasteiger partial charge in [0.05, 0.1) is 11.3 Å². The van der Waals surface area contributed by atoms with Crippen LogP contribution < -0.4 is 22.1 Å². The topological polar surface area (TPSA) is 110 Å². The first-order chi connectivity index (χ1) is 8.38. The molecule has 98 valence electrons. The van der Waals surface area contributed by atoms with Crippen molar-refractivity contribution in [3.63, 3.8) is 0 Å². The number of amides is 2. The Morgan fingerprint density at radius 1 is 1.44 bits per heavy atom. The van der Waals surface area contributed by atoms with Crippen LogP contribution in [0.15, 0.2) is 12.2 Å². The van der Waals surface area contributed by atoms with Crippen molar-refractivity contribution in [2.24, 2.45) is 5.73 Å². The van der Waals surface area contributed by atoms with E-state index in [1.165, 1.54) is 7.05 Å². The van der Waals surface area contributed by atoms with E-state index >= 15 is 0 Å². The SMILES string of the molecule is C=C(C)CNc1sc(C(=O)NC)c(N)c1C(N)=O. The van der Waals surface area contributed by atoms with Gasteiger partial charge in [-0.05, 0) is 6.92 Å². The van der Waals surface area contributed by atoms with Crippen molar-refractivity contribution in [1.82, 2.24) is 5.32 Å². The minimum atomic E-state index is -0.664. The van der Waals surface area contributed by atoms with Gasteiger partial charge in [0.15, 0.2) is 0 Å². The van der Waals surface area contributed by atoms with Gasteiger partial charge in [0.2, 0.25) is 0 Å². The Hall–Kier alpha value is -2.02. The molecule has 1 heterocycles. The Morgan fingerprint density at radius 2 is 2.06 bits per heavy atom. The van der Waals surface area contributed by atoms with Crippen molar-refractivity contribution in [3.05, 3.63) is 22.6 Å². The maximum Gasteiger partial charge on any atom is 0.263 e. The molecule has 18 heavy (non-hydrogen) atoms. The van der Waals surface area contributed by atoms with E-state index in [4.69, 9.17) is 11.5 Å².